The Kier molecular flexibility index (Phi) is 6.96. The molecule has 12 heteroatoms. The van der Waals surface area contributed by atoms with Gasteiger partial charge in [0.2, 0.25) is 0 Å². The fraction of sp³-hybridized carbons (Fsp3) is 0.207. The van der Waals surface area contributed by atoms with Crippen LogP contribution in [0.5, 0.6) is 28.7 Å². The van der Waals surface area contributed by atoms with Gasteiger partial charge in [0.1, 0.15) is 24.7 Å². The molecule has 0 radical (unpaired) electrons. The van der Waals surface area contributed by atoms with Gasteiger partial charge in [-0.3, -0.25) is 14.5 Å². The highest BCUT2D eigenvalue weighted by Gasteiger charge is 2.48. The number of ether oxygens (including phenoxy) is 4. The van der Waals surface area contributed by atoms with E-state index in [2.05, 4.69) is 20.9 Å². The number of hydrogen-bond donors (Lipinski definition) is 2. The second kappa shape index (κ2) is 10.6. The van der Waals surface area contributed by atoms with Gasteiger partial charge in [0.25, 0.3) is 5.78 Å². The number of nitrogens with zero attached hydrogens (tertiary/aromatic N) is 2. The second-order valence-corrected chi connectivity index (χ2v) is 11.0. The average molecular weight is 639 g/mol. The number of halogens is 1. The van der Waals surface area contributed by atoms with Crippen molar-refractivity contribution in [2.24, 2.45) is 0 Å². The zero-order valence-corrected chi connectivity index (χ0v) is 24.2. The van der Waals surface area contributed by atoms with Crippen LogP contribution in [-0.4, -0.2) is 53.8 Å². The fourth-order valence-corrected chi connectivity index (χ4v) is 6.33. The van der Waals surface area contributed by atoms with Gasteiger partial charge >= 0.3 is 5.91 Å². The van der Waals surface area contributed by atoms with Gasteiger partial charge in [0.05, 0.1) is 40.0 Å². The Morgan fingerprint density at radius 3 is 2.66 bits per heavy atom. The smallest absolute Gasteiger partial charge is 0.301 e. The molecule has 2 N–H and O–H groups in total. The number of amides is 1. The molecule has 1 fully saturated rings. The van der Waals surface area contributed by atoms with Gasteiger partial charge < -0.3 is 29.2 Å². The topological polar surface area (TPSA) is 128 Å². The molecule has 1 amide bonds. The highest BCUT2D eigenvalue weighted by atomic mass is 79.9. The van der Waals surface area contributed by atoms with Crippen molar-refractivity contribution in [1.29, 1.82) is 0 Å². The van der Waals surface area contributed by atoms with Crippen molar-refractivity contribution >= 4 is 60.1 Å². The third-order valence-electron chi connectivity index (χ3n) is 6.71. The molecule has 210 valence electrons. The van der Waals surface area contributed by atoms with Crippen LogP contribution in [0.15, 0.2) is 58.6 Å². The monoisotopic (exact) mass is 638 g/mol. The number of Topliss-reactive ketones (excluding diaryl/α,β-unsaturated/α-hetero) is 1. The molecule has 10 nitrogen and oxygen atoms in total. The molecule has 3 aromatic carbocycles. The molecular weight excluding hydrogens is 616 g/mol. The summed E-state index contributed by atoms with van der Waals surface area (Å²) in [5, 5.41) is 22.3. The van der Waals surface area contributed by atoms with Crippen molar-refractivity contribution < 1.29 is 38.7 Å². The number of hydrogen-bond acceptors (Lipinski definition) is 10. The molecule has 6 rings (SSSR count). The van der Waals surface area contributed by atoms with Crippen LogP contribution in [0.2, 0.25) is 0 Å². The number of ketones is 1. The summed E-state index contributed by atoms with van der Waals surface area (Å²) in [7, 11) is 1.39. The SMILES string of the molecule is CCOc1ccc2nc(N3C(=O)C(=O)C(=C(O)c4ccc5c(c4)OCCO5)[C@@H]3c3cc(Br)c(O)c(OC)c3)sc2c1. The maximum Gasteiger partial charge on any atom is 0.301 e. The van der Waals surface area contributed by atoms with Crippen molar-refractivity contribution in [3.8, 4) is 28.7 Å². The maximum absolute atomic E-state index is 13.7. The Labute approximate surface area is 246 Å². The summed E-state index contributed by atoms with van der Waals surface area (Å²) in [4.78, 5) is 33.2. The van der Waals surface area contributed by atoms with Crippen molar-refractivity contribution in [3.63, 3.8) is 0 Å². The summed E-state index contributed by atoms with van der Waals surface area (Å²) in [5.41, 5.74) is 1.14. The van der Waals surface area contributed by atoms with E-state index in [1.165, 1.54) is 29.4 Å². The summed E-state index contributed by atoms with van der Waals surface area (Å²) in [6.07, 6.45) is 0. The van der Waals surface area contributed by atoms with E-state index in [0.717, 1.165) is 4.70 Å². The standard InChI is InChI=1S/C29H23BrN2O8S/c1-3-38-16-5-6-18-22(13-16)41-29(31-18)32-24(15-10-17(30)26(34)21(12-15)37-2)23(27(35)28(32)36)25(33)14-4-7-19-20(11-14)40-9-8-39-19/h4-7,10-13,24,33-34H,3,8-9H2,1-2H3/t24-/m0/s1. The minimum absolute atomic E-state index is 0.116. The first-order valence-electron chi connectivity index (χ1n) is 12.6. The van der Waals surface area contributed by atoms with E-state index in [0.29, 0.717) is 48.1 Å². The Morgan fingerprint density at radius 2 is 1.90 bits per heavy atom. The lowest BCUT2D eigenvalue weighted by atomic mass is 9.95. The average Bonchev–Trinajstić information content (AvgIpc) is 3.51. The summed E-state index contributed by atoms with van der Waals surface area (Å²) in [5.74, 6) is -0.598. The van der Waals surface area contributed by atoms with E-state index in [9.17, 15) is 19.8 Å². The highest BCUT2D eigenvalue weighted by Crippen LogP contribution is 2.48. The van der Waals surface area contributed by atoms with E-state index >= 15 is 0 Å². The summed E-state index contributed by atoms with van der Waals surface area (Å²) in [6.45, 7) is 3.11. The predicted octanol–water partition coefficient (Wildman–Crippen LogP) is 5.57. The van der Waals surface area contributed by atoms with E-state index in [1.807, 2.05) is 13.0 Å². The molecular formula is C29H23BrN2O8S. The number of anilines is 1. The molecule has 1 aromatic heterocycles. The van der Waals surface area contributed by atoms with Crippen LogP contribution >= 0.6 is 27.3 Å². The lowest BCUT2D eigenvalue weighted by Gasteiger charge is -2.24. The second-order valence-electron chi connectivity index (χ2n) is 9.14. The first-order valence-corrected chi connectivity index (χ1v) is 14.2. The van der Waals surface area contributed by atoms with Crippen LogP contribution in [0, 0.1) is 0 Å². The van der Waals surface area contributed by atoms with Crippen molar-refractivity contribution in [1.82, 2.24) is 4.98 Å². The molecule has 0 bridgehead atoms. The highest BCUT2D eigenvalue weighted by molar-refractivity contribution is 9.10. The molecule has 2 aliphatic rings. The van der Waals surface area contributed by atoms with Crippen molar-refractivity contribution in [2.75, 3.05) is 31.8 Å². The number of rotatable bonds is 6. The fourth-order valence-electron chi connectivity index (χ4n) is 4.85. The number of aromatic hydroxyl groups is 1. The number of benzene rings is 3. The van der Waals surface area contributed by atoms with Crippen molar-refractivity contribution in [2.45, 2.75) is 13.0 Å². The number of phenols is 1. The summed E-state index contributed by atoms with van der Waals surface area (Å²) in [6, 6.07) is 12.2. The molecule has 2 aliphatic heterocycles. The van der Waals surface area contributed by atoms with Crippen LogP contribution in [0.4, 0.5) is 5.13 Å². The van der Waals surface area contributed by atoms with Gasteiger partial charge in [0, 0.05) is 5.56 Å². The third-order valence-corrected chi connectivity index (χ3v) is 8.33. The normalized spacial score (nSPS) is 17.7. The predicted molar refractivity (Wildman–Crippen MR) is 155 cm³/mol. The molecule has 3 heterocycles. The maximum atomic E-state index is 13.7. The van der Waals surface area contributed by atoms with E-state index in [1.54, 1.807) is 36.4 Å². The van der Waals surface area contributed by atoms with Gasteiger partial charge in [0.15, 0.2) is 28.1 Å². The van der Waals surface area contributed by atoms with Crippen LogP contribution in [0.1, 0.15) is 24.1 Å². The van der Waals surface area contributed by atoms with Gasteiger partial charge in [-0.05, 0) is 76.9 Å². The number of aliphatic hydroxyl groups excluding tert-OH is 1. The number of thiazole rings is 1. The number of phenolic OH excluding ortho intramolecular Hbond substituents is 1. The number of methoxy groups -OCH3 is 1. The van der Waals surface area contributed by atoms with Gasteiger partial charge in [-0.25, -0.2) is 4.98 Å². The first-order chi connectivity index (χ1) is 19.8. The number of aromatic nitrogens is 1. The van der Waals surface area contributed by atoms with E-state index in [-0.39, 0.29) is 32.2 Å². The Bertz CT molecular complexity index is 1750. The quantitative estimate of drug-likeness (QED) is 0.158. The zero-order valence-electron chi connectivity index (χ0n) is 21.8. The van der Waals surface area contributed by atoms with Gasteiger partial charge in [-0.1, -0.05) is 11.3 Å². The largest absolute Gasteiger partial charge is 0.507 e. The van der Waals surface area contributed by atoms with Crippen LogP contribution < -0.4 is 23.8 Å². The summed E-state index contributed by atoms with van der Waals surface area (Å²) < 4.78 is 23.2. The molecule has 0 aliphatic carbocycles. The summed E-state index contributed by atoms with van der Waals surface area (Å²) >= 11 is 4.54. The van der Waals surface area contributed by atoms with Crippen molar-refractivity contribution in [3.05, 3.63) is 69.7 Å². The third kappa shape index (κ3) is 4.62. The van der Waals surface area contributed by atoms with Gasteiger partial charge in [-0.15, -0.1) is 0 Å². The van der Waals surface area contributed by atoms with Crippen LogP contribution in [0.25, 0.3) is 16.0 Å². The van der Waals surface area contributed by atoms with Gasteiger partial charge in [-0.2, -0.15) is 0 Å². The van der Waals surface area contributed by atoms with E-state index < -0.39 is 23.5 Å². The van der Waals surface area contributed by atoms with Crippen LogP contribution in [-0.2, 0) is 9.59 Å². The Balaban J connectivity index is 1.55. The molecule has 0 unspecified atom stereocenters. The Morgan fingerprint density at radius 1 is 1.12 bits per heavy atom. The Hall–Kier alpha value is -4.29. The van der Waals surface area contributed by atoms with Crippen LogP contribution in [0.3, 0.4) is 0 Å². The molecule has 41 heavy (non-hydrogen) atoms. The molecule has 0 saturated carbocycles. The number of aliphatic hydroxyl groups is 1. The lowest BCUT2D eigenvalue weighted by molar-refractivity contribution is -0.132. The molecule has 1 atom stereocenters. The number of fused-ring (bicyclic) bond motifs is 2. The molecule has 0 spiro atoms. The lowest BCUT2D eigenvalue weighted by Crippen LogP contribution is -2.29. The molecule has 4 aromatic rings. The van der Waals surface area contributed by atoms with E-state index in [4.69, 9.17) is 18.9 Å². The first kappa shape index (κ1) is 26.9. The minimum atomic E-state index is -1.10. The number of carbonyl (C=O) groups is 2. The number of carbonyl (C=O) groups excluding carboxylic acids is 2. The molecule has 1 saturated heterocycles. The minimum Gasteiger partial charge on any atom is -0.507 e. The zero-order chi connectivity index (χ0) is 28.8.